The highest BCUT2D eigenvalue weighted by Crippen LogP contribution is 2.33. The van der Waals surface area contributed by atoms with Crippen molar-refractivity contribution in [3.63, 3.8) is 0 Å². The molecule has 3 nitrogen and oxygen atoms in total. The number of carbonyl (C=O) groups is 1. The fraction of sp³-hybridized carbons (Fsp3) is 0.588. The van der Waals surface area contributed by atoms with Crippen LogP contribution >= 0.6 is 0 Å². The number of carbonyl (C=O) groups excluding carboxylic acids is 1. The molecule has 1 N–H and O–H groups in total. The van der Waals surface area contributed by atoms with E-state index in [1.54, 1.807) is 0 Å². The van der Waals surface area contributed by atoms with Crippen molar-refractivity contribution in [2.75, 3.05) is 25.0 Å². The van der Waals surface area contributed by atoms with E-state index < -0.39 is 0 Å². The van der Waals surface area contributed by atoms with E-state index in [1.807, 2.05) is 12.1 Å². The van der Waals surface area contributed by atoms with Gasteiger partial charge in [-0.25, -0.2) is 0 Å². The van der Waals surface area contributed by atoms with Crippen LogP contribution in [0.2, 0.25) is 0 Å². The summed E-state index contributed by atoms with van der Waals surface area (Å²) in [5.41, 5.74) is 2.32. The largest absolute Gasteiger partial charge is 0.385 e. The number of nitrogens with one attached hydrogen (secondary N) is 1. The molecule has 0 aliphatic carbocycles. The molecule has 2 aliphatic rings. The first kappa shape index (κ1) is 13.5. The molecule has 1 amide bonds. The summed E-state index contributed by atoms with van der Waals surface area (Å²) in [6.07, 6.45) is 4.55. The lowest BCUT2D eigenvalue weighted by atomic mass is 9.88. The number of fused-ring (bicyclic) bond motifs is 1. The van der Waals surface area contributed by atoms with Crippen molar-refractivity contribution in [2.45, 2.75) is 38.5 Å². The van der Waals surface area contributed by atoms with Crippen molar-refractivity contribution in [1.29, 1.82) is 0 Å². The molecular formula is C17H24N2O. The second-order valence-corrected chi connectivity index (χ2v) is 6.06. The van der Waals surface area contributed by atoms with E-state index in [0.29, 0.717) is 11.8 Å². The molecule has 2 heterocycles. The number of para-hydroxylation sites is 1. The van der Waals surface area contributed by atoms with Crippen molar-refractivity contribution < 1.29 is 4.79 Å². The number of piperidine rings is 1. The van der Waals surface area contributed by atoms with Gasteiger partial charge in [-0.1, -0.05) is 31.5 Å². The fourth-order valence-corrected chi connectivity index (χ4v) is 3.54. The van der Waals surface area contributed by atoms with Crippen LogP contribution in [-0.2, 0) is 4.79 Å². The maximum absolute atomic E-state index is 12.9. The van der Waals surface area contributed by atoms with E-state index in [0.717, 1.165) is 38.2 Å². The van der Waals surface area contributed by atoms with Gasteiger partial charge in [0.2, 0.25) is 5.91 Å². The van der Waals surface area contributed by atoms with Gasteiger partial charge in [0.05, 0.1) is 5.92 Å². The maximum atomic E-state index is 12.9. The molecule has 0 radical (unpaired) electrons. The summed E-state index contributed by atoms with van der Waals surface area (Å²) in [4.78, 5) is 15.0. The Morgan fingerprint density at radius 3 is 3.05 bits per heavy atom. The Hall–Kier alpha value is -1.51. The van der Waals surface area contributed by atoms with Gasteiger partial charge < -0.3 is 10.2 Å². The van der Waals surface area contributed by atoms with E-state index >= 15 is 0 Å². The van der Waals surface area contributed by atoms with E-state index in [9.17, 15) is 4.79 Å². The molecule has 20 heavy (non-hydrogen) atoms. The van der Waals surface area contributed by atoms with Gasteiger partial charge in [0, 0.05) is 25.3 Å². The summed E-state index contributed by atoms with van der Waals surface area (Å²) in [6, 6.07) is 8.26. The monoisotopic (exact) mass is 272 g/mol. The highest BCUT2D eigenvalue weighted by molar-refractivity contribution is 5.86. The summed E-state index contributed by atoms with van der Waals surface area (Å²) in [5, 5.41) is 3.40. The average molecular weight is 272 g/mol. The van der Waals surface area contributed by atoms with Gasteiger partial charge in [-0.15, -0.1) is 0 Å². The first-order valence-electron chi connectivity index (χ1n) is 7.91. The zero-order valence-corrected chi connectivity index (χ0v) is 12.3. The molecule has 0 spiro atoms. The quantitative estimate of drug-likeness (QED) is 0.896. The molecule has 3 heteroatoms. The van der Waals surface area contributed by atoms with Gasteiger partial charge >= 0.3 is 0 Å². The smallest absolute Gasteiger partial charge is 0.230 e. The van der Waals surface area contributed by atoms with Crippen LogP contribution in [0.15, 0.2) is 24.3 Å². The lowest BCUT2D eigenvalue weighted by Crippen LogP contribution is -2.43. The van der Waals surface area contributed by atoms with Gasteiger partial charge in [-0.2, -0.15) is 0 Å². The lowest BCUT2D eigenvalue weighted by Gasteiger charge is -2.36. The van der Waals surface area contributed by atoms with Crippen LogP contribution in [0, 0.1) is 5.92 Å². The molecule has 3 rings (SSSR count). The highest BCUT2D eigenvalue weighted by atomic mass is 16.2. The minimum Gasteiger partial charge on any atom is -0.385 e. The molecule has 1 saturated heterocycles. The molecule has 2 unspecified atom stereocenters. The zero-order chi connectivity index (χ0) is 13.9. The van der Waals surface area contributed by atoms with Gasteiger partial charge in [-0.3, -0.25) is 4.79 Å². The summed E-state index contributed by atoms with van der Waals surface area (Å²) < 4.78 is 0. The van der Waals surface area contributed by atoms with Crippen molar-refractivity contribution in [2.24, 2.45) is 5.92 Å². The predicted molar refractivity (Wildman–Crippen MR) is 81.9 cm³/mol. The second kappa shape index (κ2) is 5.86. The zero-order valence-electron chi connectivity index (χ0n) is 12.3. The Morgan fingerprint density at radius 1 is 1.35 bits per heavy atom. The van der Waals surface area contributed by atoms with Crippen molar-refractivity contribution in [3.8, 4) is 0 Å². The number of amides is 1. The number of nitrogens with zero attached hydrogens (tertiary/aromatic N) is 1. The van der Waals surface area contributed by atoms with Crippen LogP contribution in [0.4, 0.5) is 5.69 Å². The normalized spacial score (nSPS) is 25.8. The minimum absolute atomic E-state index is 0.0584. The van der Waals surface area contributed by atoms with Gasteiger partial charge in [0.1, 0.15) is 0 Å². The molecule has 2 aliphatic heterocycles. The van der Waals surface area contributed by atoms with Crippen LogP contribution in [-0.4, -0.2) is 30.4 Å². The summed E-state index contributed by atoms with van der Waals surface area (Å²) >= 11 is 0. The Balaban J connectivity index is 1.78. The van der Waals surface area contributed by atoms with E-state index in [1.165, 1.54) is 18.4 Å². The minimum atomic E-state index is 0.0584. The third kappa shape index (κ3) is 2.54. The van der Waals surface area contributed by atoms with Gasteiger partial charge in [-0.05, 0) is 36.8 Å². The molecule has 0 saturated carbocycles. The van der Waals surface area contributed by atoms with Crippen LogP contribution in [0.5, 0.6) is 0 Å². The van der Waals surface area contributed by atoms with Gasteiger partial charge in [0.15, 0.2) is 0 Å². The molecule has 2 atom stereocenters. The summed E-state index contributed by atoms with van der Waals surface area (Å²) in [5.74, 6) is 1.10. The van der Waals surface area contributed by atoms with Crippen molar-refractivity contribution in [3.05, 3.63) is 29.8 Å². The highest BCUT2D eigenvalue weighted by Gasteiger charge is 2.31. The Bertz CT molecular complexity index is 486. The van der Waals surface area contributed by atoms with E-state index in [-0.39, 0.29) is 5.92 Å². The Morgan fingerprint density at radius 2 is 2.20 bits per heavy atom. The SMILES string of the molecule is CCC1CCCN(C(=O)C2CCNc3ccccc32)C1. The molecule has 0 aromatic heterocycles. The van der Waals surface area contributed by atoms with Crippen LogP contribution in [0.25, 0.3) is 0 Å². The third-order valence-electron chi connectivity index (χ3n) is 4.79. The number of hydrogen-bond acceptors (Lipinski definition) is 2. The molecule has 0 bridgehead atoms. The first-order chi connectivity index (χ1) is 9.79. The number of benzene rings is 1. The third-order valence-corrected chi connectivity index (χ3v) is 4.79. The summed E-state index contributed by atoms with van der Waals surface area (Å²) in [6.45, 7) is 5.04. The summed E-state index contributed by atoms with van der Waals surface area (Å²) in [7, 11) is 0. The van der Waals surface area contributed by atoms with E-state index in [4.69, 9.17) is 0 Å². The number of anilines is 1. The van der Waals surface area contributed by atoms with E-state index in [2.05, 4.69) is 29.3 Å². The molecule has 1 aromatic rings. The maximum Gasteiger partial charge on any atom is 0.230 e. The topological polar surface area (TPSA) is 32.3 Å². The fourth-order valence-electron chi connectivity index (χ4n) is 3.54. The molecule has 1 fully saturated rings. The molecule has 108 valence electrons. The predicted octanol–water partition coefficient (Wildman–Crippen LogP) is 3.23. The van der Waals surface area contributed by atoms with Crippen LogP contribution < -0.4 is 5.32 Å². The molecule has 1 aromatic carbocycles. The van der Waals surface area contributed by atoms with Crippen LogP contribution in [0.1, 0.15) is 44.1 Å². The second-order valence-electron chi connectivity index (χ2n) is 6.06. The average Bonchev–Trinajstić information content (AvgIpc) is 2.53. The lowest BCUT2D eigenvalue weighted by molar-refractivity contribution is -0.134. The Kier molecular flexibility index (Phi) is 3.95. The van der Waals surface area contributed by atoms with Gasteiger partial charge in [0.25, 0.3) is 0 Å². The number of hydrogen-bond donors (Lipinski definition) is 1. The number of rotatable bonds is 2. The van der Waals surface area contributed by atoms with Crippen molar-refractivity contribution in [1.82, 2.24) is 4.90 Å². The van der Waals surface area contributed by atoms with Crippen LogP contribution in [0.3, 0.4) is 0 Å². The standard InChI is InChI=1S/C17H24N2O/c1-2-13-6-5-11-19(12-13)17(20)15-9-10-18-16-8-4-3-7-14(15)16/h3-4,7-8,13,15,18H,2,5-6,9-12H2,1H3. The first-order valence-corrected chi connectivity index (χ1v) is 7.91. The Labute approximate surface area is 121 Å². The van der Waals surface area contributed by atoms with Crippen molar-refractivity contribution >= 4 is 11.6 Å². The number of likely N-dealkylation sites (tertiary alicyclic amines) is 1. The molecular weight excluding hydrogens is 248 g/mol.